The second kappa shape index (κ2) is 5.75. The Bertz CT molecular complexity index is 219. The summed E-state index contributed by atoms with van der Waals surface area (Å²) in [5.41, 5.74) is -0.713. The van der Waals surface area contributed by atoms with Crippen LogP contribution in [0, 0.1) is 0 Å². The van der Waals surface area contributed by atoms with Gasteiger partial charge >= 0.3 is 5.97 Å². The fraction of sp³-hybridized carbons (Fsp3) is 0.909. The highest BCUT2D eigenvalue weighted by atomic mass is 32.2. The Morgan fingerprint density at radius 1 is 1.60 bits per heavy atom. The highest BCUT2D eigenvalue weighted by molar-refractivity contribution is 7.99. The smallest absolute Gasteiger partial charge is 0.323 e. The molecular formula is C11H21NO2S. The van der Waals surface area contributed by atoms with Gasteiger partial charge in [-0.1, -0.05) is 6.92 Å². The lowest BCUT2D eigenvalue weighted by Crippen LogP contribution is -2.50. The molecule has 0 heterocycles. The molecule has 15 heavy (non-hydrogen) atoms. The van der Waals surface area contributed by atoms with E-state index in [1.165, 1.54) is 0 Å². The van der Waals surface area contributed by atoms with Crippen LogP contribution in [-0.4, -0.2) is 34.2 Å². The highest BCUT2D eigenvalue weighted by Crippen LogP contribution is 2.25. The van der Waals surface area contributed by atoms with Crippen molar-refractivity contribution in [1.82, 2.24) is 5.32 Å². The van der Waals surface area contributed by atoms with Gasteiger partial charge in [-0.3, -0.25) is 10.1 Å². The lowest BCUT2D eigenvalue weighted by atomic mass is 9.96. The van der Waals surface area contributed by atoms with Gasteiger partial charge in [-0.25, -0.2) is 0 Å². The largest absolute Gasteiger partial charge is 0.480 e. The van der Waals surface area contributed by atoms with E-state index in [4.69, 9.17) is 0 Å². The molecule has 0 aromatic heterocycles. The van der Waals surface area contributed by atoms with Crippen molar-refractivity contribution in [3.8, 4) is 0 Å². The minimum Gasteiger partial charge on any atom is -0.480 e. The number of aliphatic carboxylic acids is 1. The van der Waals surface area contributed by atoms with Gasteiger partial charge in [-0.05, 0) is 44.1 Å². The lowest BCUT2D eigenvalue weighted by Gasteiger charge is -2.26. The molecule has 0 aromatic carbocycles. The maximum absolute atomic E-state index is 11.2. The summed E-state index contributed by atoms with van der Waals surface area (Å²) in [5, 5.41) is 12.4. The summed E-state index contributed by atoms with van der Waals surface area (Å²) in [5.74, 6) is 1.46. The molecular weight excluding hydrogens is 210 g/mol. The van der Waals surface area contributed by atoms with Crippen LogP contribution in [0.1, 0.15) is 39.5 Å². The van der Waals surface area contributed by atoms with Gasteiger partial charge in [0.15, 0.2) is 0 Å². The summed E-state index contributed by atoms with van der Waals surface area (Å²) in [4.78, 5) is 11.2. The second-order valence-corrected chi connectivity index (χ2v) is 5.75. The third-order valence-electron chi connectivity index (χ3n) is 2.74. The fourth-order valence-corrected chi connectivity index (χ4v) is 2.23. The molecule has 0 aromatic rings. The van der Waals surface area contributed by atoms with Crippen LogP contribution in [0.4, 0.5) is 0 Å². The predicted molar refractivity (Wildman–Crippen MR) is 64.4 cm³/mol. The van der Waals surface area contributed by atoms with E-state index >= 15 is 0 Å². The zero-order valence-electron chi connectivity index (χ0n) is 9.58. The van der Waals surface area contributed by atoms with Crippen LogP contribution in [0.3, 0.4) is 0 Å². The average molecular weight is 231 g/mol. The molecule has 3 nitrogen and oxygen atoms in total. The Hall–Kier alpha value is -0.220. The van der Waals surface area contributed by atoms with Crippen molar-refractivity contribution >= 4 is 17.7 Å². The summed E-state index contributed by atoms with van der Waals surface area (Å²) in [6, 6.07) is 0.449. The van der Waals surface area contributed by atoms with Crippen molar-refractivity contribution in [3.63, 3.8) is 0 Å². The Kier molecular flexibility index (Phi) is 4.93. The first-order valence-corrected chi connectivity index (χ1v) is 6.83. The molecule has 0 spiro atoms. The van der Waals surface area contributed by atoms with E-state index in [1.54, 1.807) is 0 Å². The number of hydrogen-bond donors (Lipinski definition) is 2. The topological polar surface area (TPSA) is 49.3 Å². The molecule has 1 atom stereocenters. The third-order valence-corrected chi connectivity index (χ3v) is 3.73. The number of carboxylic acid groups (broad SMARTS) is 1. The number of carboxylic acids is 1. The van der Waals surface area contributed by atoms with Crippen LogP contribution >= 0.6 is 11.8 Å². The molecule has 0 radical (unpaired) electrons. The van der Waals surface area contributed by atoms with E-state index < -0.39 is 11.5 Å². The van der Waals surface area contributed by atoms with Gasteiger partial charge in [0.25, 0.3) is 0 Å². The summed E-state index contributed by atoms with van der Waals surface area (Å²) in [6.07, 6.45) is 3.96. The summed E-state index contributed by atoms with van der Waals surface area (Å²) in [7, 11) is 0. The number of thioether (sulfide) groups is 1. The van der Waals surface area contributed by atoms with Gasteiger partial charge in [0, 0.05) is 6.04 Å². The zero-order chi connectivity index (χ0) is 11.3. The average Bonchev–Trinajstić information content (AvgIpc) is 2.96. The first-order valence-electron chi connectivity index (χ1n) is 5.67. The Morgan fingerprint density at radius 2 is 2.27 bits per heavy atom. The van der Waals surface area contributed by atoms with Gasteiger partial charge in [-0.2, -0.15) is 11.8 Å². The van der Waals surface area contributed by atoms with Crippen LogP contribution in [0.5, 0.6) is 0 Å². The minimum absolute atomic E-state index is 0.449. The standard InChI is InChI=1S/C11H21NO2S/c1-3-15-8-4-7-11(2,10(13)14)12-9-5-6-9/h9,12H,3-8H2,1-2H3,(H,13,14). The quantitative estimate of drug-likeness (QED) is 0.628. The second-order valence-electron chi connectivity index (χ2n) is 4.36. The zero-order valence-corrected chi connectivity index (χ0v) is 10.4. The van der Waals surface area contributed by atoms with E-state index in [-0.39, 0.29) is 0 Å². The Balaban J connectivity index is 2.31. The first kappa shape index (κ1) is 12.8. The maximum atomic E-state index is 11.2. The summed E-state index contributed by atoms with van der Waals surface area (Å²) in [6.45, 7) is 3.94. The minimum atomic E-state index is -0.713. The molecule has 1 aliphatic rings. The predicted octanol–water partition coefficient (Wildman–Crippen LogP) is 2.11. The molecule has 1 rings (SSSR count). The molecule has 1 aliphatic carbocycles. The molecule has 0 saturated heterocycles. The molecule has 1 fully saturated rings. The Morgan fingerprint density at radius 3 is 2.73 bits per heavy atom. The normalized spacial score (nSPS) is 19.9. The van der Waals surface area contributed by atoms with E-state index in [9.17, 15) is 9.90 Å². The van der Waals surface area contributed by atoms with Crippen molar-refractivity contribution in [2.24, 2.45) is 0 Å². The molecule has 88 valence electrons. The lowest BCUT2D eigenvalue weighted by molar-refractivity contribution is -0.144. The highest BCUT2D eigenvalue weighted by Gasteiger charge is 2.37. The van der Waals surface area contributed by atoms with Crippen LogP contribution in [0.2, 0.25) is 0 Å². The van der Waals surface area contributed by atoms with Gasteiger partial charge < -0.3 is 5.11 Å². The van der Waals surface area contributed by atoms with E-state index in [0.717, 1.165) is 37.2 Å². The third kappa shape index (κ3) is 4.43. The molecule has 0 aliphatic heterocycles. The fourth-order valence-electron chi connectivity index (χ4n) is 1.59. The van der Waals surface area contributed by atoms with E-state index in [0.29, 0.717) is 6.04 Å². The van der Waals surface area contributed by atoms with Crippen molar-refractivity contribution in [1.29, 1.82) is 0 Å². The van der Waals surface area contributed by atoms with E-state index in [1.807, 2.05) is 18.7 Å². The number of rotatable bonds is 8. The molecule has 0 amide bonds. The first-order chi connectivity index (χ1) is 7.08. The van der Waals surface area contributed by atoms with Gasteiger partial charge in [0.05, 0.1) is 0 Å². The van der Waals surface area contributed by atoms with Crippen molar-refractivity contribution in [2.75, 3.05) is 11.5 Å². The van der Waals surface area contributed by atoms with Crippen molar-refractivity contribution in [3.05, 3.63) is 0 Å². The molecule has 1 saturated carbocycles. The number of carbonyl (C=O) groups is 1. The Labute approximate surface area is 96.0 Å². The monoisotopic (exact) mass is 231 g/mol. The molecule has 2 N–H and O–H groups in total. The SMILES string of the molecule is CCSCCCC(C)(NC1CC1)C(=O)O. The van der Waals surface area contributed by atoms with Crippen LogP contribution in [0.25, 0.3) is 0 Å². The van der Waals surface area contributed by atoms with Gasteiger partial charge in [-0.15, -0.1) is 0 Å². The summed E-state index contributed by atoms with van der Waals surface area (Å²) >= 11 is 1.87. The van der Waals surface area contributed by atoms with Crippen LogP contribution in [0.15, 0.2) is 0 Å². The molecule has 0 bridgehead atoms. The van der Waals surface area contributed by atoms with E-state index in [2.05, 4.69) is 12.2 Å². The maximum Gasteiger partial charge on any atom is 0.323 e. The van der Waals surface area contributed by atoms with Crippen LogP contribution in [-0.2, 0) is 4.79 Å². The number of nitrogens with one attached hydrogen (secondary N) is 1. The van der Waals surface area contributed by atoms with Crippen molar-refractivity contribution in [2.45, 2.75) is 51.1 Å². The molecule has 1 unspecified atom stereocenters. The van der Waals surface area contributed by atoms with Gasteiger partial charge in [0.1, 0.15) is 5.54 Å². The number of hydrogen-bond acceptors (Lipinski definition) is 3. The van der Waals surface area contributed by atoms with Crippen LogP contribution < -0.4 is 5.32 Å². The summed E-state index contributed by atoms with van der Waals surface area (Å²) < 4.78 is 0. The van der Waals surface area contributed by atoms with Gasteiger partial charge in [0.2, 0.25) is 0 Å². The molecule has 4 heteroatoms. The van der Waals surface area contributed by atoms with Crippen molar-refractivity contribution < 1.29 is 9.90 Å².